The first-order chi connectivity index (χ1) is 13.7. The molecular formula is C19H22N6O3. The molecule has 3 rings (SSSR count). The topological polar surface area (TPSA) is 122 Å². The third kappa shape index (κ3) is 4.92. The van der Waals surface area contributed by atoms with Gasteiger partial charge in [0.15, 0.2) is 5.69 Å². The fourth-order valence-electron chi connectivity index (χ4n) is 2.87. The average molecular weight is 382 g/mol. The predicted molar refractivity (Wildman–Crippen MR) is 100 cm³/mol. The van der Waals surface area contributed by atoms with Gasteiger partial charge in [0.1, 0.15) is 11.9 Å². The summed E-state index contributed by atoms with van der Waals surface area (Å²) in [5, 5.41) is 18.4. The van der Waals surface area contributed by atoms with Crippen molar-refractivity contribution in [2.45, 2.75) is 38.3 Å². The molecule has 146 valence electrons. The highest BCUT2D eigenvalue weighted by Gasteiger charge is 2.24. The van der Waals surface area contributed by atoms with Gasteiger partial charge >= 0.3 is 0 Å². The molecule has 1 saturated heterocycles. The smallest absolute Gasteiger partial charge is 0.274 e. The Labute approximate surface area is 162 Å². The van der Waals surface area contributed by atoms with E-state index in [1.165, 1.54) is 6.20 Å². The summed E-state index contributed by atoms with van der Waals surface area (Å²) >= 11 is 0. The summed E-state index contributed by atoms with van der Waals surface area (Å²) in [6.07, 6.45) is 6.57. The molecule has 3 heterocycles. The number of unbranched alkanes of at least 4 members (excludes halogenated alkanes) is 1. The summed E-state index contributed by atoms with van der Waals surface area (Å²) in [4.78, 5) is 29.1. The molecule has 28 heavy (non-hydrogen) atoms. The van der Waals surface area contributed by atoms with Gasteiger partial charge in [-0.25, -0.2) is 4.68 Å². The number of nitrogens with one attached hydrogen (secondary N) is 2. The van der Waals surface area contributed by atoms with Crippen molar-refractivity contribution in [1.29, 1.82) is 5.26 Å². The van der Waals surface area contributed by atoms with Gasteiger partial charge in [0.05, 0.1) is 18.0 Å². The van der Waals surface area contributed by atoms with E-state index >= 15 is 0 Å². The zero-order valence-corrected chi connectivity index (χ0v) is 15.4. The van der Waals surface area contributed by atoms with Gasteiger partial charge in [0.2, 0.25) is 0 Å². The largest absolute Gasteiger partial charge is 0.357 e. The monoisotopic (exact) mass is 382 g/mol. The van der Waals surface area contributed by atoms with Gasteiger partial charge in [-0.15, -0.1) is 0 Å². The molecule has 1 aliphatic rings. The van der Waals surface area contributed by atoms with Gasteiger partial charge < -0.3 is 15.4 Å². The Morgan fingerprint density at radius 2 is 2.21 bits per heavy atom. The van der Waals surface area contributed by atoms with Gasteiger partial charge in [-0.1, -0.05) is 6.07 Å². The quantitative estimate of drug-likeness (QED) is 0.708. The van der Waals surface area contributed by atoms with Crippen LogP contribution in [0.4, 0.5) is 5.69 Å². The van der Waals surface area contributed by atoms with E-state index in [0.29, 0.717) is 31.7 Å². The second-order valence-corrected chi connectivity index (χ2v) is 6.38. The second kappa shape index (κ2) is 9.62. The summed E-state index contributed by atoms with van der Waals surface area (Å²) in [5.74, 6) is -0.841. The third-order valence-corrected chi connectivity index (χ3v) is 4.29. The Bertz CT molecular complexity index is 852. The lowest BCUT2D eigenvalue weighted by atomic mass is 10.2. The van der Waals surface area contributed by atoms with Crippen LogP contribution in [0.25, 0.3) is 0 Å². The van der Waals surface area contributed by atoms with Crippen molar-refractivity contribution in [1.82, 2.24) is 20.1 Å². The Kier molecular flexibility index (Phi) is 6.70. The Morgan fingerprint density at radius 1 is 1.32 bits per heavy atom. The molecule has 0 saturated carbocycles. The number of rotatable bonds is 7. The van der Waals surface area contributed by atoms with Crippen LogP contribution in [0.15, 0.2) is 30.6 Å². The molecule has 0 aromatic carbocycles. The third-order valence-electron chi connectivity index (χ3n) is 4.29. The Morgan fingerprint density at radius 3 is 2.93 bits per heavy atom. The molecular weight excluding hydrogens is 360 g/mol. The zero-order valence-electron chi connectivity index (χ0n) is 15.4. The van der Waals surface area contributed by atoms with Crippen LogP contribution >= 0.6 is 0 Å². The number of carbonyl (C=O) groups excluding carboxylic acids is 2. The number of nitriles is 1. The number of anilines is 1. The SMILES string of the molecule is N#CCCCNC(=O)c1nn(C2CCCCO2)cc1NC(=O)c1ccccn1. The molecule has 1 unspecified atom stereocenters. The number of amides is 2. The van der Waals surface area contributed by atoms with Crippen LogP contribution in [0, 0.1) is 11.3 Å². The van der Waals surface area contributed by atoms with E-state index in [4.69, 9.17) is 10.00 Å². The van der Waals surface area contributed by atoms with Crippen molar-refractivity contribution in [3.05, 3.63) is 42.0 Å². The normalized spacial score (nSPS) is 16.2. The highest BCUT2D eigenvalue weighted by Crippen LogP contribution is 2.25. The zero-order chi connectivity index (χ0) is 19.8. The highest BCUT2D eigenvalue weighted by molar-refractivity contribution is 6.07. The molecule has 2 aromatic heterocycles. The minimum absolute atomic E-state index is 0.107. The molecule has 1 aliphatic heterocycles. The number of carbonyl (C=O) groups is 2. The van der Waals surface area contributed by atoms with Crippen molar-refractivity contribution >= 4 is 17.5 Å². The number of nitrogens with zero attached hydrogens (tertiary/aromatic N) is 4. The molecule has 1 fully saturated rings. The molecule has 0 radical (unpaired) electrons. The van der Waals surface area contributed by atoms with Gasteiger partial charge in [-0.3, -0.25) is 14.6 Å². The van der Waals surface area contributed by atoms with E-state index in [0.717, 1.165) is 19.3 Å². The average Bonchev–Trinajstić information content (AvgIpc) is 3.16. The van der Waals surface area contributed by atoms with E-state index < -0.39 is 11.8 Å². The van der Waals surface area contributed by atoms with E-state index in [1.54, 1.807) is 29.1 Å². The summed E-state index contributed by atoms with van der Waals surface area (Å²) in [6.45, 7) is 0.989. The lowest BCUT2D eigenvalue weighted by molar-refractivity contribution is -0.0395. The molecule has 0 bridgehead atoms. The summed E-state index contributed by atoms with van der Waals surface area (Å²) in [7, 11) is 0. The van der Waals surface area contributed by atoms with Crippen LogP contribution in [-0.4, -0.2) is 39.7 Å². The minimum atomic E-state index is -0.428. The molecule has 0 aliphatic carbocycles. The van der Waals surface area contributed by atoms with Gasteiger partial charge in [-0.2, -0.15) is 10.4 Å². The molecule has 9 nitrogen and oxygen atoms in total. The molecule has 2 amide bonds. The first-order valence-electron chi connectivity index (χ1n) is 9.27. The second-order valence-electron chi connectivity index (χ2n) is 6.38. The molecule has 9 heteroatoms. The number of ether oxygens (including phenoxy) is 1. The van der Waals surface area contributed by atoms with Crippen molar-refractivity contribution in [3.63, 3.8) is 0 Å². The van der Waals surface area contributed by atoms with Crippen LogP contribution in [0.2, 0.25) is 0 Å². The molecule has 0 spiro atoms. The highest BCUT2D eigenvalue weighted by atomic mass is 16.5. The maximum absolute atomic E-state index is 12.6. The molecule has 2 N–H and O–H groups in total. The number of aromatic nitrogens is 3. The van der Waals surface area contributed by atoms with Gasteiger partial charge in [0, 0.05) is 25.8 Å². The number of pyridine rings is 1. The van der Waals surface area contributed by atoms with E-state index in [1.807, 2.05) is 6.07 Å². The van der Waals surface area contributed by atoms with E-state index in [-0.39, 0.29) is 17.6 Å². The number of hydrogen-bond donors (Lipinski definition) is 2. The van der Waals surface area contributed by atoms with Crippen LogP contribution in [-0.2, 0) is 4.74 Å². The Balaban J connectivity index is 1.79. The van der Waals surface area contributed by atoms with Crippen molar-refractivity contribution < 1.29 is 14.3 Å². The summed E-state index contributed by atoms with van der Waals surface area (Å²) < 4.78 is 7.30. The maximum Gasteiger partial charge on any atom is 0.274 e. The van der Waals surface area contributed by atoms with E-state index in [2.05, 4.69) is 20.7 Å². The summed E-state index contributed by atoms with van der Waals surface area (Å²) in [5.41, 5.74) is 0.641. The van der Waals surface area contributed by atoms with Crippen molar-refractivity contribution in [3.8, 4) is 6.07 Å². The van der Waals surface area contributed by atoms with Gasteiger partial charge in [0.25, 0.3) is 11.8 Å². The molecule has 1 atom stereocenters. The first-order valence-corrected chi connectivity index (χ1v) is 9.27. The first kappa shape index (κ1) is 19.5. The Hall–Kier alpha value is -3.25. The fraction of sp³-hybridized carbons (Fsp3) is 0.421. The molecule has 2 aromatic rings. The minimum Gasteiger partial charge on any atom is -0.357 e. The van der Waals surface area contributed by atoms with Crippen LogP contribution < -0.4 is 10.6 Å². The summed E-state index contributed by atoms with van der Waals surface area (Å²) in [6, 6.07) is 7.05. The lowest BCUT2D eigenvalue weighted by Crippen LogP contribution is -2.27. The number of hydrogen-bond acceptors (Lipinski definition) is 6. The van der Waals surface area contributed by atoms with Gasteiger partial charge in [-0.05, 0) is 37.8 Å². The lowest BCUT2D eigenvalue weighted by Gasteiger charge is -2.22. The fourth-order valence-corrected chi connectivity index (χ4v) is 2.87. The van der Waals surface area contributed by atoms with E-state index in [9.17, 15) is 9.59 Å². The van der Waals surface area contributed by atoms with Crippen molar-refractivity contribution in [2.75, 3.05) is 18.5 Å². The van der Waals surface area contributed by atoms with Crippen molar-refractivity contribution in [2.24, 2.45) is 0 Å². The standard InChI is InChI=1S/C19H22N6O3/c20-9-3-5-11-22-19(27)17-15(23-18(26)14-7-1-4-10-21-14)13-25(24-17)16-8-2-6-12-28-16/h1,4,7,10,13,16H,2-3,5-6,8,11-12H2,(H,22,27)(H,23,26). The predicted octanol–water partition coefficient (Wildman–Crippen LogP) is 2.26. The van der Waals surface area contributed by atoms with Crippen LogP contribution in [0.5, 0.6) is 0 Å². The maximum atomic E-state index is 12.6. The van der Waals surface area contributed by atoms with Crippen LogP contribution in [0.1, 0.15) is 59.3 Å². The van der Waals surface area contributed by atoms with Crippen LogP contribution in [0.3, 0.4) is 0 Å².